The Balaban J connectivity index is 2.54. The molecule has 0 fully saturated rings. The van der Waals surface area contributed by atoms with Crippen molar-refractivity contribution >= 4 is 16.6 Å². The highest BCUT2D eigenvalue weighted by Crippen LogP contribution is 2.31. The Morgan fingerprint density at radius 2 is 2.10 bits per heavy atom. The highest BCUT2D eigenvalue weighted by Gasteiger charge is 2.21. The van der Waals surface area contributed by atoms with E-state index in [0.717, 1.165) is 23.9 Å². The number of aromatic nitrogens is 1. The Kier molecular flexibility index (Phi) is 4.85. The average molecular weight is 287 g/mol. The van der Waals surface area contributed by atoms with Crippen molar-refractivity contribution < 1.29 is 4.92 Å². The van der Waals surface area contributed by atoms with Crippen molar-refractivity contribution in [2.24, 2.45) is 0 Å². The van der Waals surface area contributed by atoms with Gasteiger partial charge in [-0.15, -0.1) is 0 Å². The summed E-state index contributed by atoms with van der Waals surface area (Å²) in [6.07, 6.45) is 2.67. The molecule has 2 rings (SSSR count). The van der Waals surface area contributed by atoms with E-state index in [1.807, 2.05) is 12.1 Å². The lowest BCUT2D eigenvalue weighted by Gasteiger charge is -2.24. The molecule has 0 aliphatic rings. The minimum Gasteiger partial charge on any atom is -0.314 e. The van der Waals surface area contributed by atoms with Gasteiger partial charge >= 0.3 is 0 Å². The molecule has 0 spiro atoms. The molecule has 2 unspecified atom stereocenters. The van der Waals surface area contributed by atoms with E-state index in [1.165, 1.54) is 6.07 Å². The molecule has 0 radical (unpaired) electrons. The fourth-order valence-electron chi connectivity index (χ4n) is 2.88. The summed E-state index contributed by atoms with van der Waals surface area (Å²) in [6, 6.07) is 7.47. The maximum Gasteiger partial charge on any atom is 0.295 e. The second-order valence-corrected chi connectivity index (χ2v) is 5.19. The molecular weight excluding hydrogens is 266 g/mol. The van der Waals surface area contributed by atoms with E-state index in [2.05, 4.69) is 31.1 Å². The second kappa shape index (κ2) is 6.63. The smallest absolute Gasteiger partial charge is 0.295 e. The molecule has 1 aromatic heterocycles. The van der Waals surface area contributed by atoms with Gasteiger partial charge in [0.25, 0.3) is 5.69 Å². The predicted octanol–water partition coefficient (Wildman–Crippen LogP) is 3.63. The van der Waals surface area contributed by atoms with E-state index >= 15 is 0 Å². The van der Waals surface area contributed by atoms with Gasteiger partial charge in [0.1, 0.15) is 5.52 Å². The van der Waals surface area contributed by atoms with E-state index in [4.69, 9.17) is 0 Å². The highest BCUT2D eigenvalue weighted by atomic mass is 16.6. The van der Waals surface area contributed by atoms with Gasteiger partial charge in [-0.3, -0.25) is 10.1 Å². The van der Waals surface area contributed by atoms with Crippen LogP contribution in [-0.4, -0.2) is 22.5 Å². The summed E-state index contributed by atoms with van der Waals surface area (Å²) in [5.41, 5.74) is 1.65. The standard InChI is InChI=1S/C16H21N3O2/c1-4-14(17-5-2)11(3)12-9-10-18-16-13(12)7-6-8-15(16)19(20)21/h6-11,14,17H,4-5H2,1-3H3. The summed E-state index contributed by atoms with van der Waals surface area (Å²) >= 11 is 0. The molecule has 2 aromatic rings. The number of benzene rings is 1. The SMILES string of the molecule is CCNC(CC)C(C)c1ccnc2c([N+](=O)[O-])cccc12. The third-order valence-electron chi connectivity index (χ3n) is 3.98. The van der Waals surface area contributed by atoms with Gasteiger partial charge in [0.15, 0.2) is 0 Å². The topological polar surface area (TPSA) is 68.1 Å². The molecule has 0 amide bonds. The maximum atomic E-state index is 11.1. The second-order valence-electron chi connectivity index (χ2n) is 5.19. The number of para-hydroxylation sites is 1. The van der Waals surface area contributed by atoms with Crippen molar-refractivity contribution in [2.45, 2.75) is 39.2 Å². The number of pyridine rings is 1. The lowest BCUT2D eigenvalue weighted by molar-refractivity contribution is -0.383. The molecular formula is C16H21N3O2. The monoisotopic (exact) mass is 287 g/mol. The molecule has 1 aromatic carbocycles. The number of nitro groups is 1. The van der Waals surface area contributed by atoms with Gasteiger partial charge in [0.2, 0.25) is 0 Å². The predicted molar refractivity (Wildman–Crippen MR) is 84.6 cm³/mol. The molecule has 0 aliphatic heterocycles. The van der Waals surface area contributed by atoms with Crippen LogP contribution in [0.2, 0.25) is 0 Å². The quantitative estimate of drug-likeness (QED) is 0.650. The molecule has 0 saturated heterocycles. The number of hydrogen-bond donors (Lipinski definition) is 1. The Morgan fingerprint density at radius 1 is 1.33 bits per heavy atom. The fourth-order valence-corrected chi connectivity index (χ4v) is 2.88. The van der Waals surface area contributed by atoms with Crippen LogP contribution < -0.4 is 5.32 Å². The number of likely N-dealkylation sites (N-methyl/N-ethyl adjacent to an activating group) is 1. The van der Waals surface area contributed by atoms with Crippen LogP contribution in [0.15, 0.2) is 30.5 Å². The molecule has 0 saturated carbocycles. The number of nitrogens with zero attached hydrogens (tertiary/aromatic N) is 2. The third kappa shape index (κ3) is 3.03. The van der Waals surface area contributed by atoms with Crippen molar-refractivity contribution in [3.8, 4) is 0 Å². The van der Waals surface area contributed by atoms with Crippen molar-refractivity contribution in [3.63, 3.8) is 0 Å². The molecule has 21 heavy (non-hydrogen) atoms. The van der Waals surface area contributed by atoms with Crippen LogP contribution in [0.3, 0.4) is 0 Å². The van der Waals surface area contributed by atoms with Gasteiger partial charge in [-0.05, 0) is 30.5 Å². The van der Waals surface area contributed by atoms with E-state index in [0.29, 0.717) is 11.6 Å². The van der Waals surface area contributed by atoms with Gasteiger partial charge in [-0.25, -0.2) is 4.98 Å². The van der Waals surface area contributed by atoms with Crippen molar-refractivity contribution in [1.82, 2.24) is 10.3 Å². The Labute approximate surface area is 124 Å². The molecule has 0 bridgehead atoms. The van der Waals surface area contributed by atoms with E-state index in [1.54, 1.807) is 12.3 Å². The Morgan fingerprint density at radius 3 is 2.71 bits per heavy atom. The number of hydrogen-bond acceptors (Lipinski definition) is 4. The number of fused-ring (bicyclic) bond motifs is 1. The van der Waals surface area contributed by atoms with Crippen LogP contribution in [0.25, 0.3) is 10.9 Å². The Bertz CT molecular complexity index is 642. The largest absolute Gasteiger partial charge is 0.314 e. The van der Waals surface area contributed by atoms with Crippen LogP contribution >= 0.6 is 0 Å². The first kappa shape index (κ1) is 15.4. The minimum absolute atomic E-state index is 0.0676. The molecule has 1 heterocycles. The number of nitrogens with one attached hydrogen (secondary N) is 1. The summed E-state index contributed by atoms with van der Waals surface area (Å²) < 4.78 is 0. The summed E-state index contributed by atoms with van der Waals surface area (Å²) in [5.74, 6) is 0.266. The minimum atomic E-state index is -0.370. The van der Waals surface area contributed by atoms with Crippen LogP contribution in [0, 0.1) is 10.1 Å². The summed E-state index contributed by atoms with van der Waals surface area (Å²) in [5, 5.41) is 15.5. The number of nitro benzene ring substituents is 1. The molecule has 5 heteroatoms. The third-order valence-corrected chi connectivity index (χ3v) is 3.98. The van der Waals surface area contributed by atoms with Crippen molar-refractivity contribution in [3.05, 3.63) is 46.1 Å². The van der Waals surface area contributed by atoms with Gasteiger partial charge in [-0.1, -0.05) is 32.9 Å². The molecule has 0 aliphatic carbocycles. The lowest BCUT2D eigenvalue weighted by atomic mass is 9.89. The van der Waals surface area contributed by atoms with E-state index < -0.39 is 0 Å². The normalized spacial score (nSPS) is 14.0. The summed E-state index contributed by atoms with van der Waals surface area (Å²) in [7, 11) is 0. The molecule has 5 nitrogen and oxygen atoms in total. The first-order valence-corrected chi connectivity index (χ1v) is 7.35. The van der Waals surface area contributed by atoms with E-state index in [9.17, 15) is 10.1 Å². The van der Waals surface area contributed by atoms with Gasteiger partial charge < -0.3 is 5.32 Å². The van der Waals surface area contributed by atoms with Gasteiger partial charge in [-0.2, -0.15) is 0 Å². The first-order valence-electron chi connectivity index (χ1n) is 7.35. The molecule has 1 N–H and O–H groups in total. The van der Waals surface area contributed by atoms with Crippen LogP contribution in [-0.2, 0) is 0 Å². The van der Waals surface area contributed by atoms with Crippen LogP contribution in [0.5, 0.6) is 0 Å². The van der Waals surface area contributed by atoms with Gasteiger partial charge in [0.05, 0.1) is 4.92 Å². The first-order chi connectivity index (χ1) is 10.1. The highest BCUT2D eigenvalue weighted by molar-refractivity contribution is 5.89. The summed E-state index contributed by atoms with van der Waals surface area (Å²) in [4.78, 5) is 15.0. The van der Waals surface area contributed by atoms with Crippen LogP contribution in [0.4, 0.5) is 5.69 Å². The van der Waals surface area contributed by atoms with Crippen molar-refractivity contribution in [2.75, 3.05) is 6.54 Å². The fraction of sp³-hybridized carbons (Fsp3) is 0.438. The van der Waals surface area contributed by atoms with Crippen molar-refractivity contribution in [1.29, 1.82) is 0 Å². The summed E-state index contributed by atoms with van der Waals surface area (Å²) in [6.45, 7) is 7.30. The number of rotatable bonds is 6. The van der Waals surface area contributed by atoms with Crippen LogP contribution in [0.1, 0.15) is 38.7 Å². The van der Waals surface area contributed by atoms with E-state index in [-0.39, 0.29) is 16.5 Å². The zero-order valence-corrected chi connectivity index (χ0v) is 12.7. The average Bonchev–Trinajstić information content (AvgIpc) is 2.50. The lowest BCUT2D eigenvalue weighted by Crippen LogP contribution is -2.33. The number of non-ortho nitro benzene ring substituents is 1. The molecule has 112 valence electrons. The zero-order chi connectivity index (χ0) is 15.4. The van der Waals surface area contributed by atoms with Gasteiger partial charge in [0, 0.05) is 23.7 Å². The Hall–Kier alpha value is -2.01. The maximum absolute atomic E-state index is 11.1. The molecule has 2 atom stereocenters. The zero-order valence-electron chi connectivity index (χ0n) is 12.7.